The summed E-state index contributed by atoms with van der Waals surface area (Å²) in [7, 11) is 0. The number of imidazole rings is 1. The summed E-state index contributed by atoms with van der Waals surface area (Å²) in [5.74, 6) is -0.0819. The van der Waals surface area contributed by atoms with Gasteiger partial charge in [0.25, 0.3) is 5.91 Å². The Morgan fingerprint density at radius 3 is 2.50 bits per heavy atom. The van der Waals surface area contributed by atoms with Gasteiger partial charge in [-0.05, 0) is 42.2 Å². The zero-order chi connectivity index (χ0) is 26.5. The highest BCUT2D eigenvalue weighted by Crippen LogP contribution is 2.28. The van der Waals surface area contributed by atoms with Crippen molar-refractivity contribution >= 4 is 34.7 Å². The Labute approximate surface area is 229 Å². The lowest BCUT2D eigenvalue weighted by Gasteiger charge is -2.30. The Kier molecular flexibility index (Phi) is 8.61. The van der Waals surface area contributed by atoms with Crippen molar-refractivity contribution in [2.24, 2.45) is 0 Å². The predicted octanol–water partition coefficient (Wildman–Crippen LogP) is 4.78. The van der Waals surface area contributed by atoms with Crippen molar-refractivity contribution in [2.45, 2.75) is 52.1 Å². The van der Waals surface area contributed by atoms with Crippen LogP contribution in [0.2, 0.25) is 5.02 Å². The van der Waals surface area contributed by atoms with E-state index in [1.165, 1.54) is 5.56 Å². The van der Waals surface area contributed by atoms with Crippen molar-refractivity contribution in [1.82, 2.24) is 19.2 Å². The van der Waals surface area contributed by atoms with Crippen LogP contribution in [0.3, 0.4) is 0 Å². The first-order valence-electron chi connectivity index (χ1n) is 13.6. The van der Waals surface area contributed by atoms with Crippen molar-refractivity contribution in [3.8, 4) is 0 Å². The second-order valence-electron chi connectivity index (χ2n) is 10.3. The minimum absolute atomic E-state index is 0.0296. The molecule has 3 aromatic rings. The van der Waals surface area contributed by atoms with Crippen LogP contribution < -0.4 is 4.90 Å². The van der Waals surface area contributed by atoms with Gasteiger partial charge < -0.3 is 18.9 Å². The van der Waals surface area contributed by atoms with Gasteiger partial charge in [-0.15, -0.1) is 0 Å². The first-order valence-corrected chi connectivity index (χ1v) is 14.0. The SMILES string of the molecule is CC(=O)N1CCCCCCCN(C(=O)c2cn3cc(Cl)ccc3n2)Cc2ccc(CN3CCOCC3)cc21. The van der Waals surface area contributed by atoms with E-state index in [1.54, 1.807) is 29.8 Å². The third kappa shape index (κ3) is 6.37. The molecule has 0 radical (unpaired) electrons. The van der Waals surface area contributed by atoms with E-state index in [9.17, 15) is 9.59 Å². The Hall–Kier alpha value is -2.94. The van der Waals surface area contributed by atoms with Crippen LogP contribution in [0.25, 0.3) is 5.65 Å². The molecule has 0 unspecified atom stereocenters. The van der Waals surface area contributed by atoms with Crippen LogP contribution in [-0.2, 0) is 22.6 Å². The van der Waals surface area contributed by atoms with E-state index in [-0.39, 0.29) is 11.8 Å². The number of ether oxygens (including phenoxy) is 1. The average molecular weight is 538 g/mol. The number of carbonyl (C=O) groups is 2. The molecule has 0 aliphatic carbocycles. The number of morpholine rings is 1. The molecule has 1 aromatic carbocycles. The number of anilines is 1. The molecule has 4 heterocycles. The summed E-state index contributed by atoms with van der Waals surface area (Å²) in [5, 5.41) is 0.589. The van der Waals surface area contributed by atoms with Gasteiger partial charge in [-0.2, -0.15) is 0 Å². The Morgan fingerprint density at radius 1 is 0.947 bits per heavy atom. The number of nitrogens with zero attached hydrogens (tertiary/aromatic N) is 5. The number of hydrogen-bond acceptors (Lipinski definition) is 5. The maximum absolute atomic E-state index is 13.7. The lowest BCUT2D eigenvalue weighted by molar-refractivity contribution is -0.116. The largest absolute Gasteiger partial charge is 0.379 e. The maximum atomic E-state index is 13.7. The molecular weight excluding hydrogens is 502 g/mol. The number of carbonyl (C=O) groups excluding carboxylic acids is 2. The molecule has 8 nitrogen and oxygen atoms in total. The van der Waals surface area contributed by atoms with Crippen LogP contribution in [0.5, 0.6) is 0 Å². The molecule has 38 heavy (non-hydrogen) atoms. The normalized spacial score (nSPS) is 18.1. The van der Waals surface area contributed by atoms with Gasteiger partial charge in [-0.3, -0.25) is 14.5 Å². The van der Waals surface area contributed by atoms with Crippen LogP contribution in [0.1, 0.15) is 60.6 Å². The van der Waals surface area contributed by atoms with Gasteiger partial charge in [0, 0.05) is 64.3 Å². The molecule has 9 heteroatoms. The van der Waals surface area contributed by atoms with Gasteiger partial charge in [0.1, 0.15) is 11.3 Å². The first kappa shape index (κ1) is 26.7. The van der Waals surface area contributed by atoms with Gasteiger partial charge in [-0.1, -0.05) is 43.0 Å². The predicted molar refractivity (Wildman–Crippen MR) is 149 cm³/mol. The number of benzene rings is 1. The summed E-state index contributed by atoms with van der Waals surface area (Å²) in [6.07, 6.45) is 8.61. The van der Waals surface area contributed by atoms with E-state index in [1.807, 2.05) is 15.9 Å². The number of amides is 2. The summed E-state index contributed by atoms with van der Waals surface area (Å²) in [6.45, 7) is 7.49. The standard InChI is InChI=1S/C29H36ClN5O3/c1-22(36)35-12-6-4-2-3-5-11-33(29(37)26-21-34-20-25(30)9-10-28(34)31-26)19-24-8-7-23(17-27(24)35)18-32-13-15-38-16-14-32/h7-10,17,20-21H,2-6,11-16,18-19H2,1H3. The van der Waals surface area contributed by atoms with Gasteiger partial charge in [0.2, 0.25) is 5.91 Å². The van der Waals surface area contributed by atoms with E-state index < -0.39 is 0 Å². The van der Waals surface area contributed by atoms with E-state index in [4.69, 9.17) is 16.3 Å². The van der Waals surface area contributed by atoms with E-state index in [0.29, 0.717) is 36.0 Å². The fourth-order valence-corrected chi connectivity index (χ4v) is 5.52. The summed E-state index contributed by atoms with van der Waals surface area (Å²) in [4.78, 5) is 37.3. The van der Waals surface area contributed by atoms with E-state index >= 15 is 0 Å². The smallest absolute Gasteiger partial charge is 0.274 e. The Bertz CT molecular complexity index is 1290. The summed E-state index contributed by atoms with van der Waals surface area (Å²) < 4.78 is 7.29. The van der Waals surface area contributed by atoms with Gasteiger partial charge in [0.05, 0.1) is 18.2 Å². The third-order valence-electron chi connectivity index (χ3n) is 7.42. The maximum Gasteiger partial charge on any atom is 0.274 e. The highest BCUT2D eigenvalue weighted by Gasteiger charge is 2.24. The number of rotatable bonds is 3. The molecule has 0 N–H and O–H groups in total. The quantitative estimate of drug-likeness (QED) is 0.481. The summed E-state index contributed by atoms with van der Waals surface area (Å²) >= 11 is 6.14. The number of aromatic nitrogens is 2. The minimum Gasteiger partial charge on any atom is -0.379 e. The molecule has 0 bridgehead atoms. The first-order chi connectivity index (χ1) is 18.5. The number of hydrogen-bond donors (Lipinski definition) is 0. The monoisotopic (exact) mass is 537 g/mol. The fourth-order valence-electron chi connectivity index (χ4n) is 5.35. The second-order valence-corrected chi connectivity index (χ2v) is 10.7. The molecule has 2 aliphatic rings. The molecule has 1 fully saturated rings. The lowest BCUT2D eigenvalue weighted by Crippen LogP contribution is -2.36. The van der Waals surface area contributed by atoms with Crippen LogP contribution in [0.15, 0.2) is 42.7 Å². The molecule has 0 atom stereocenters. The molecule has 2 aliphatic heterocycles. The molecule has 2 aromatic heterocycles. The minimum atomic E-state index is -0.111. The van der Waals surface area contributed by atoms with E-state index in [0.717, 1.165) is 76.2 Å². The van der Waals surface area contributed by atoms with Crippen molar-refractivity contribution < 1.29 is 14.3 Å². The molecule has 2 amide bonds. The van der Waals surface area contributed by atoms with Gasteiger partial charge in [-0.25, -0.2) is 4.98 Å². The molecule has 1 saturated heterocycles. The zero-order valence-corrected chi connectivity index (χ0v) is 22.8. The Morgan fingerprint density at radius 2 is 1.71 bits per heavy atom. The van der Waals surface area contributed by atoms with E-state index in [2.05, 4.69) is 28.1 Å². The second kappa shape index (κ2) is 12.3. The van der Waals surface area contributed by atoms with Gasteiger partial charge >= 0.3 is 0 Å². The Balaban J connectivity index is 1.47. The van der Waals surface area contributed by atoms with Gasteiger partial charge in [0.15, 0.2) is 0 Å². The number of halogens is 1. The zero-order valence-electron chi connectivity index (χ0n) is 22.1. The molecular formula is C29H36ClN5O3. The summed E-state index contributed by atoms with van der Waals surface area (Å²) in [5.41, 5.74) is 4.13. The van der Waals surface area contributed by atoms with Crippen LogP contribution in [-0.4, -0.2) is 70.4 Å². The summed E-state index contributed by atoms with van der Waals surface area (Å²) in [6, 6.07) is 9.96. The van der Waals surface area contributed by atoms with Crippen LogP contribution in [0, 0.1) is 0 Å². The average Bonchev–Trinajstić information content (AvgIpc) is 3.33. The highest BCUT2D eigenvalue weighted by atomic mass is 35.5. The van der Waals surface area contributed by atoms with Crippen molar-refractivity contribution in [3.63, 3.8) is 0 Å². The molecule has 0 saturated carbocycles. The van der Waals surface area contributed by atoms with Crippen LogP contribution in [0.4, 0.5) is 5.69 Å². The van der Waals surface area contributed by atoms with Crippen molar-refractivity contribution in [2.75, 3.05) is 44.3 Å². The molecule has 202 valence electrons. The van der Waals surface area contributed by atoms with Crippen LogP contribution >= 0.6 is 11.6 Å². The molecule has 5 rings (SSSR count). The topological polar surface area (TPSA) is 70.4 Å². The fraction of sp³-hybridized carbons (Fsp3) is 0.483. The lowest BCUT2D eigenvalue weighted by atomic mass is 10.0. The molecule has 0 spiro atoms. The highest BCUT2D eigenvalue weighted by molar-refractivity contribution is 6.30. The van der Waals surface area contributed by atoms with Crippen molar-refractivity contribution in [1.29, 1.82) is 0 Å². The third-order valence-corrected chi connectivity index (χ3v) is 7.65. The van der Waals surface area contributed by atoms with Crippen molar-refractivity contribution in [3.05, 3.63) is 64.6 Å². The number of fused-ring (bicyclic) bond motifs is 2. The number of pyridine rings is 1.